The molecule has 0 rings (SSSR count). The highest BCUT2D eigenvalue weighted by atomic mass is 19.3. The average molecular weight is 137 g/mol. The lowest BCUT2D eigenvalue weighted by Crippen LogP contribution is -2.37. The number of hydrogen-bond donors (Lipinski definition) is 1. The number of halogens is 2. The van der Waals surface area contributed by atoms with Crippen LogP contribution in [0.5, 0.6) is 0 Å². The van der Waals surface area contributed by atoms with Crippen LogP contribution in [0, 0.1) is 0 Å². The first kappa shape index (κ1) is 8.82. The minimum atomic E-state index is -2.64. The number of rotatable bonds is 2. The molecule has 0 bridgehead atoms. The van der Waals surface area contributed by atoms with Crippen LogP contribution in [0.4, 0.5) is 8.78 Å². The van der Waals surface area contributed by atoms with Crippen molar-refractivity contribution in [2.45, 2.75) is 38.7 Å². The molecular weight excluding hydrogens is 124 g/mol. The van der Waals surface area contributed by atoms with Crippen molar-refractivity contribution < 1.29 is 8.78 Å². The fourth-order valence-electron chi connectivity index (χ4n) is 0.800. The van der Waals surface area contributed by atoms with Crippen LogP contribution < -0.4 is 5.73 Å². The zero-order valence-electron chi connectivity index (χ0n) is 6.04. The molecule has 0 aliphatic heterocycles. The molecule has 9 heavy (non-hydrogen) atoms. The van der Waals surface area contributed by atoms with Gasteiger partial charge in [0.25, 0.3) is 0 Å². The Morgan fingerprint density at radius 2 is 1.56 bits per heavy atom. The summed E-state index contributed by atoms with van der Waals surface area (Å²) in [4.78, 5) is 0. The third-order valence-corrected chi connectivity index (χ3v) is 0.766. The van der Waals surface area contributed by atoms with Crippen molar-refractivity contribution in [3.63, 3.8) is 0 Å². The van der Waals surface area contributed by atoms with E-state index in [-0.39, 0.29) is 6.42 Å². The van der Waals surface area contributed by atoms with E-state index < -0.39 is 11.5 Å². The van der Waals surface area contributed by atoms with Crippen molar-refractivity contribution in [3.8, 4) is 0 Å². The summed E-state index contributed by atoms with van der Waals surface area (Å²) in [7, 11) is 0. The molecule has 0 atom stereocenters. The van der Waals surface area contributed by atoms with Crippen LogP contribution in [0.2, 0.25) is 0 Å². The molecule has 0 unspecified atom stereocenters. The summed E-state index contributed by atoms with van der Waals surface area (Å²) in [6.45, 7) is 4.05. The predicted octanol–water partition coefficient (Wildman–Crippen LogP) is 1.77. The van der Waals surface area contributed by atoms with Gasteiger partial charge in [-0.1, -0.05) is 0 Å². The van der Waals surface area contributed by atoms with Gasteiger partial charge in [-0.2, -0.15) is 0 Å². The summed E-state index contributed by atoms with van der Waals surface area (Å²) in [5.74, 6) is -2.64. The van der Waals surface area contributed by atoms with Gasteiger partial charge in [0, 0.05) is 12.0 Å². The molecule has 0 heterocycles. The quantitative estimate of drug-likeness (QED) is 0.616. The molecule has 0 aliphatic carbocycles. The van der Waals surface area contributed by atoms with E-state index in [0.29, 0.717) is 0 Å². The molecule has 0 saturated carbocycles. The summed E-state index contributed by atoms with van der Waals surface area (Å²) >= 11 is 0. The van der Waals surface area contributed by atoms with E-state index in [1.54, 1.807) is 13.8 Å². The third-order valence-electron chi connectivity index (χ3n) is 0.766. The molecule has 0 aromatic heterocycles. The maximum atomic E-state index is 12.1. The molecule has 0 aromatic carbocycles. The Morgan fingerprint density at radius 3 is 1.56 bits per heavy atom. The first-order valence-electron chi connectivity index (χ1n) is 2.87. The van der Waals surface area contributed by atoms with E-state index in [1.807, 2.05) is 0 Å². The van der Waals surface area contributed by atoms with Crippen LogP contribution in [0.3, 0.4) is 0 Å². The molecule has 0 saturated heterocycles. The van der Waals surface area contributed by atoms with Gasteiger partial charge in [0.2, 0.25) is 5.92 Å². The third kappa shape index (κ3) is 7.82. The predicted molar refractivity (Wildman–Crippen MR) is 33.5 cm³/mol. The summed E-state index contributed by atoms with van der Waals surface area (Å²) < 4.78 is 24.3. The molecule has 0 amide bonds. The second kappa shape index (κ2) is 2.21. The van der Waals surface area contributed by atoms with Gasteiger partial charge in [-0.25, -0.2) is 8.78 Å². The molecule has 3 heteroatoms. The van der Waals surface area contributed by atoms with Gasteiger partial charge in [-0.15, -0.1) is 0 Å². The van der Waals surface area contributed by atoms with Crippen LogP contribution in [0.1, 0.15) is 27.2 Å². The Morgan fingerprint density at radius 1 is 1.22 bits per heavy atom. The van der Waals surface area contributed by atoms with Crippen molar-refractivity contribution in [1.82, 2.24) is 0 Å². The van der Waals surface area contributed by atoms with Crippen LogP contribution in [-0.4, -0.2) is 11.5 Å². The van der Waals surface area contributed by atoms with Gasteiger partial charge in [0.15, 0.2) is 0 Å². The lowest BCUT2D eigenvalue weighted by molar-refractivity contribution is -0.00403. The van der Waals surface area contributed by atoms with E-state index in [0.717, 1.165) is 6.92 Å². The van der Waals surface area contributed by atoms with Crippen LogP contribution in [0.15, 0.2) is 0 Å². The summed E-state index contributed by atoms with van der Waals surface area (Å²) in [6, 6.07) is 0. The van der Waals surface area contributed by atoms with Crippen LogP contribution in [0.25, 0.3) is 0 Å². The minimum Gasteiger partial charge on any atom is -0.325 e. The zero-order chi connectivity index (χ0) is 7.71. The minimum absolute atomic E-state index is 0.264. The Kier molecular flexibility index (Phi) is 2.17. The average Bonchev–Trinajstić information content (AvgIpc) is 1.14. The highest BCUT2D eigenvalue weighted by molar-refractivity contribution is 4.77. The summed E-state index contributed by atoms with van der Waals surface area (Å²) in [5, 5.41) is 0. The summed E-state index contributed by atoms with van der Waals surface area (Å²) in [5.41, 5.74) is 4.58. The zero-order valence-corrected chi connectivity index (χ0v) is 6.04. The van der Waals surface area contributed by atoms with E-state index in [9.17, 15) is 8.78 Å². The van der Waals surface area contributed by atoms with Gasteiger partial charge < -0.3 is 5.73 Å². The van der Waals surface area contributed by atoms with E-state index in [2.05, 4.69) is 0 Å². The maximum absolute atomic E-state index is 12.1. The summed E-state index contributed by atoms with van der Waals surface area (Å²) in [6.07, 6.45) is -0.264. The highest BCUT2D eigenvalue weighted by Crippen LogP contribution is 2.22. The van der Waals surface area contributed by atoms with Crippen molar-refractivity contribution >= 4 is 0 Å². The van der Waals surface area contributed by atoms with Crippen LogP contribution >= 0.6 is 0 Å². The monoisotopic (exact) mass is 137 g/mol. The fourth-order valence-corrected chi connectivity index (χ4v) is 0.800. The fraction of sp³-hybridized carbons (Fsp3) is 1.00. The maximum Gasteiger partial charge on any atom is 0.247 e. The van der Waals surface area contributed by atoms with E-state index in [1.165, 1.54) is 0 Å². The Hall–Kier alpha value is -0.180. The number of alkyl halides is 2. The lowest BCUT2D eigenvalue weighted by Gasteiger charge is -2.22. The molecule has 0 radical (unpaired) electrons. The topological polar surface area (TPSA) is 26.0 Å². The molecule has 2 N–H and O–H groups in total. The second-order valence-corrected chi connectivity index (χ2v) is 3.24. The number of hydrogen-bond acceptors (Lipinski definition) is 1. The Balaban J connectivity index is 3.75. The SMILES string of the molecule is CC(C)(N)CC(C)(F)F. The van der Waals surface area contributed by atoms with Crippen molar-refractivity contribution in [3.05, 3.63) is 0 Å². The first-order chi connectivity index (χ1) is 3.71. The first-order valence-corrected chi connectivity index (χ1v) is 2.87. The van der Waals surface area contributed by atoms with Gasteiger partial charge >= 0.3 is 0 Å². The second-order valence-electron chi connectivity index (χ2n) is 3.24. The smallest absolute Gasteiger partial charge is 0.247 e. The van der Waals surface area contributed by atoms with Crippen molar-refractivity contribution in [2.75, 3.05) is 0 Å². The van der Waals surface area contributed by atoms with Crippen molar-refractivity contribution in [2.24, 2.45) is 5.73 Å². The normalized spacial score (nSPS) is 14.0. The standard InChI is InChI=1S/C6H13F2N/c1-5(2,9)4-6(3,7)8/h4,9H2,1-3H3. The van der Waals surface area contributed by atoms with Gasteiger partial charge in [0.1, 0.15) is 0 Å². The Labute approximate surface area is 54.2 Å². The van der Waals surface area contributed by atoms with Crippen molar-refractivity contribution in [1.29, 1.82) is 0 Å². The molecule has 0 aliphatic rings. The molecular formula is C6H13F2N. The molecule has 0 spiro atoms. The lowest BCUT2D eigenvalue weighted by atomic mass is 9.99. The Bertz CT molecular complexity index is 76.2. The van der Waals surface area contributed by atoms with Gasteiger partial charge in [-0.3, -0.25) is 0 Å². The van der Waals surface area contributed by atoms with E-state index in [4.69, 9.17) is 5.73 Å². The van der Waals surface area contributed by atoms with Crippen LogP contribution in [-0.2, 0) is 0 Å². The van der Waals surface area contributed by atoms with Gasteiger partial charge in [-0.05, 0) is 20.8 Å². The molecule has 0 fully saturated rings. The molecule has 0 aromatic rings. The largest absolute Gasteiger partial charge is 0.325 e. The highest BCUT2D eigenvalue weighted by Gasteiger charge is 2.28. The molecule has 1 nitrogen and oxygen atoms in total. The van der Waals surface area contributed by atoms with Gasteiger partial charge in [0.05, 0.1) is 0 Å². The number of nitrogens with two attached hydrogens (primary N) is 1. The van der Waals surface area contributed by atoms with E-state index >= 15 is 0 Å². The molecule has 56 valence electrons.